The monoisotopic (exact) mass is 589 g/mol. The van der Waals surface area contributed by atoms with Crippen molar-refractivity contribution in [3.63, 3.8) is 0 Å². The van der Waals surface area contributed by atoms with Gasteiger partial charge in [0.2, 0.25) is 5.91 Å². The van der Waals surface area contributed by atoms with Crippen LogP contribution < -0.4 is 5.32 Å². The molecule has 0 radical (unpaired) electrons. The molecule has 240 valence electrons. The number of ether oxygens (including phenoxy) is 4. The van der Waals surface area contributed by atoms with E-state index in [1.54, 1.807) is 0 Å². The van der Waals surface area contributed by atoms with Crippen LogP contribution in [0.2, 0.25) is 0 Å². The van der Waals surface area contributed by atoms with E-state index in [0.29, 0.717) is 32.1 Å². The number of nitrogens with one attached hydrogen (secondary N) is 1. The second-order valence-electron chi connectivity index (χ2n) is 12.3. The number of amides is 1. The lowest BCUT2D eigenvalue weighted by Gasteiger charge is -2.51. The molecule has 11 nitrogen and oxygen atoms in total. The fourth-order valence-electron chi connectivity index (χ4n) is 6.13. The molecule has 1 amide bonds. The van der Waals surface area contributed by atoms with Gasteiger partial charge in [0, 0.05) is 6.92 Å². The maximum atomic E-state index is 12.5. The van der Waals surface area contributed by atoms with Gasteiger partial charge >= 0.3 is 5.97 Å². The molecule has 0 bridgehead atoms. The molecule has 0 aromatic heterocycles. The summed E-state index contributed by atoms with van der Waals surface area (Å²) in [7, 11) is 0. The Labute approximate surface area is 245 Å². The second-order valence-corrected chi connectivity index (χ2v) is 12.3. The van der Waals surface area contributed by atoms with Crippen LogP contribution in [0.5, 0.6) is 0 Å². The summed E-state index contributed by atoms with van der Waals surface area (Å²) in [5.74, 6) is -1.78. The number of hydrogen-bond acceptors (Lipinski definition) is 9. The highest BCUT2D eigenvalue weighted by Crippen LogP contribution is 2.42. The van der Waals surface area contributed by atoms with E-state index in [9.17, 15) is 30.0 Å². The van der Waals surface area contributed by atoms with Gasteiger partial charge in [0.05, 0.1) is 17.8 Å². The van der Waals surface area contributed by atoms with Crippen LogP contribution in [-0.2, 0) is 28.5 Å². The number of aliphatic carboxylic acids is 1. The van der Waals surface area contributed by atoms with E-state index >= 15 is 0 Å². The Morgan fingerprint density at radius 1 is 0.878 bits per heavy atom. The van der Waals surface area contributed by atoms with Crippen LogP contribution in [0.15, 0.2) is 0 Å². The van der Waals surface area contributed by atoms with Crippen molar-refractivity contribution in [3.05, 3.63) is 0 Å². The highest BCUT2D eigenvalue weighted by molar-refractivity contribution is 5.74. The zero-order valence-electron chi connectivity index (χ0n) is 26.2. The minimum absolute atomic E-state index is 0.382. The third-order valence-corrected chi connectivity index (χ3v) is 9.11. The molecule has 0 aromatic carbocycles. The topological polar surface area (TPSA) is 164 Å². The minimum atomic E-state index is -1.61. The molecule has 2 saturated heterocycles. The standard InChI is InChI=1S/C30H55NO10/c1-9-14-16-29(7,12-4)26-22(35)21(34)24(25(39-26)27(36)37)40-28-19(31-17(6)32)23(20(33)18(11-3)38-28)41-30(8,13-5)15-10-2/h18-26,28,33-35H,9-16H2,1-8H3,(H,31,32)(H,36,37)/t18?,19?,20-,21?,22+,23?,24-,25?,26-,28+,29?,30?/m1/s1. The molecule has 5 N–H and O–H groups in total. The summed E-state index contributed by atoms with van der Waals surface area (Å²) in [6.07, 6.45) is -5.56. The Bertz CT molecular complexity index is 844. The number of unbranched alkanes of at least 4 members (excludes halogenated alkanes) is 1. The zero-order chi connectivity index (χ0) is 31.1. The second kappa shape index (κ2) is 15.4. The number of aliphatic hydroxyl groups excluding tert-OH is 3. The lowest BCUT2D eigenvalue weighted by molar-refractivity contribution is -0.331. The number of aliphatic hydroxyl groups is 3. The smallest absolute Gasteiger partial charge is 0.335 e. The molecule has 0 aliphatic carbocycles. The first kappa shape index (κ1) is 35.9. The van der Waals surface area contributed by atoms with Crippen molar-refractivity contribution in [1.29, 1.82) is 0 Å². The van der Waals surface area contributed by atoms with Crippen molar-refractivity contribution in [2.45, 2.75) is 174 Å². The summed E-state index contributed by atoms with van der Waals surface area (Å²) in [6.45, 7) is 15.0. The van der Waals surface area contributed by atoms with Gasteiger partial charge in [-0.3, -0.25) is 4.79 Å². The quantitative estimate of drug-likeness (QED) is 0.192. The van der Waals surface area contributed by atoms with E-state index in [2.05, 4.69) is 5.32 Å². The predicted octanol–water partition coefficient (Wildman–Crippen LogP) is 2.91. The Morgan fingerprint density at radius 2 is 1.54 bits per heavy atom. The summed E-state index contributed by atoms with van der Waals surface area (Å²) >= 11 is 0. The number of carboxylic acid groups (broad SMARTS) is 1. The van der Waals surface area contributed by atoms with Gasteiger partial charge in [-0.05, 0) is 44.4 Å². The van der Waals surface area contributed by atoms with Gasteiger partial charge in [-0.25, -0.2) is 4.79 Å². The van der Waals surface area contributed by atoms with Gasteiger partial charge in [-0.2, -0.15) is 0 Å². The van der Waals surface area contributed by atoms with E-state index < -0.39 is 84.1 Å². The first-order valence-electron chi connectivity index (χ1n) is 15.4. The molecule has 0 saturated carbocycles. The molecule has 2 fully saturated rings. The lowest BCUT2D eigenvalue weighted by atomic mass is 9.72. The molecule has 7 unspecified atom stereocenters. The maximum absolute atomic E-state index is 12.5. The average molecular weight is 590 g/mol. The molecular formula is C30H55NO10. The van der Waals surface area contributed by atoms with E-state index in [1.807, 2.05) is 48.5 Å². The lowest BCUT2D eigenvalue weighted by Crippen LogP contribution is -2.69. The van der Waals surface area contributed by atoms with Crippen molar-refractivity contribution in [1.82, 2.24) is 5.32 Å². The highest BCUT2D eigenvalue weighted by atomic mass is 16.7. The third kappa shape index (κ3) is 8.40. The maximum Gasteiger partial charge on any atom is 0.335 e. The Morgan fingerprint density at radius 3 is 2.02 bits per heavy atom. The molecule has 2 rings (SSSR count). The van der Waals surface area contributed by atoms with Crippen LogP contribution in [0.25, 0.3) is 0 Å². The van der Waals surface area contributed by atoms with E-state index in [-0.39, 0.29) is 0 Å². The highest BCUT2D eigenvalue weighted by Gasteiger charge is 2.56. The van der Waals surface area contributed by atoms with Gasteiger partial charge in [0.1, 0.15) is 36.6 Å². The first-order chi connectivity index (χ1) is 19.2. The van der Waals surface area contributed by atoms with Crippen LogP contribution in [-0.4, -0.2) is 99.1 Å². The van der Waals surface area contributed by atoms with Crippen molar-refractivity contribution in [3.8, 4) is 0 Å². The number of rotatable bonds is 15. The van der Waals surface area contributed by atoms with Crippen molar-refractivity contribution >= 4 is 11.9 Å². The molecule has 0 aromatic rings. The summed E-state index contributed by atoms with van der Waals surface area (Å²) in [5, 5.41) is 46.7. The summed E-state index contributed by atoms with van der Waals surface area (Å²) < 4.78 is 24.8. The summed E-state index contributed by atoms with van der Waals surface area (Å²) in [5.41, 5.74) is -1.18. The zero-order valence-corrected chi connectivity index (χ0v) is 26.2. The largest absolute Gasteiger partial charge is 0.479 e. The van der Waals surface area contributed by atoms with E-state index in [4.69, 9.17) is 18.9 Å². The Kier molecular flexibility index (Phi) is 13.5. The molecule has 2 heterocycles. The number of carbonyl (C=O) groups is 2. The molecule has 0 spiro atoms. The molecule has 12 atom stereocenters. The van der Waals surface area contributed by atoms with Crippen LogP contribution in [0, 0.1) is 5.41 Å². The first-order valence-corrected chi connectivity index (χ1v) is 15.4. The third-order valence-electron chi connectivity index (χ3n) is 9.11. The Hall–Kier alpha value is -1.34. The molecule has 2 aliphatic heterocycles. The van der Waals surface area contributed by atoms with Gasteiger partial charge in [0.25, 0.3) is 0 Å². The Balaban J connectivity index is 2.46. The fraction of sp³-hybridized carbons (Fsp3) is 0.933. The average Bonchev–Trinajstić information content (AvgIpc) is 2.92. The van der Waals surface area contributed by atoms with E-state index in [1.165, 1.54) is 6.92 Å². The number of carboxylic acids is 1. The summed E-state index contributed by atoms with van der Waals surface area (Å²) in [6, 6.07) is -1.03. The fourth-order valence-corrected chi connectivity index (χ4v) is 6.13. The number of carbonyl (C=O) groups excluding carboxylic acids is 1. The van der Waals surface area contributed by atoms with Crippen molar-refractivity contribution in [2.24, 2.45) is 5.41 Å². The van der Waals surface area contributed by atoms with Gasteiger partial charge < -0.3 is 44.7 Å². The van der Waals surface area contributed by atoms with Crippen molar-refractivity contribution in [2.75, 3.05) is 0 Å². The minimum Gasteiger partial charge on any atom is -0.479 e. The molecule has 11 heteroatoms. The molecular weight excluding hydrogens is 534 g/mol. The summed E-state index contributed by atoms with van der Waals surface area (Å²) in [4.78, 5) is 24.8. The SMILES string of the molecule is CCCCC(C)(CC)[C@@H]1OC(C(=O)O)[C@H](O[C@@H]2OC(CC)[C@@H](O)C(OC(C)(CC)CCC)C2NC(C)=O)C(O)[C@@H]1O. The van der Waals surface area contributed by atoms with Crippen LogP contribution in [0.3, 0.4) is 0 Å². The van der Waals surface area contributed by atoms with Crippen LogP contribution >= 0.6 is 0 Å². The van der Waals surface area contributed by atoms with Gasteiger partial charge in [-0.15, -0.1) is 0 Å². The predicted molar refractivity (Wildman–Crippen MR) is 152 cm³/mol. The number of hydrogen-bond donors (Lipinski definition) is 5. The van der Waals surface area contributed by atoms with Gasteiger partial charge in [0.15, 0.2) is 12.4 Å². The molecule has 2 aliphatic rings. The normalized spacial score (nSPS) is 37.1. The van der Waals surface area contributed by atoms with E-state index in [0.717, 1.165) is 19.3 Å². The van der Waals surface area contributed by atoms with Crippen molar-refractivity contribution < 1.29 is 49.0 Å². The molecule has 41 heavy (non-hydrogen) atoms. The van der Waals surface area contributed by atoms with Gasteiger partial charge in [-0.1, -0.05) is 60.8 Å². The van der Waals surface area contributed by atoms with Crippen LogP contribution in [0.1, 0.15) is 107 Å². The van der Waals surface area contributed by atoms with Crippen LogP contribution in [0.4, 0.5) is 0 Å².